The predicted octanol–water partition coefficient (Wildman–Crippen LogP) is 2.79. The van der Waals surface area contributed by atoms with Gasteiger partial charge in [0, 0.05) is 10.7 Å². The first-order valence-corrected chi connectivity index (χ1v) is 7.04. The third kappa shape index (κ3) is 4.39. The third-order valence-corrected chi connectivity index (χ3v) is 3.32. The summed E-state index contributed by atoms with van der Waals surface area (Å²) in [6.07, 6.45) is 1.33. The second kappa shape index (κ2) is 6.99. The van der Waals surface area contributed by atoms with Gasteiger partial charge in [0.25, 0.3) is 5.91 Å². The molecule has 5 nitrogen and oxygen atoms in total. The Kier molecular flexibility index (Phi) is 5.05. The van der Waals surface area contributed by atoms with Crippen molar-refractivity contribution in [1.82, 2.24) is 10.3 Å². The number of carbonyl (C=O) groups is 2. The van der Waals surface area contributed by atoms with Gasteiger partial charge in [-0.15, -0.1) is 0 Å². The zero-order valence-corrected chi connectivity index (χ0v) is 12.6. The quantitative estimate of drug-likeness (QED) is 0.870. The number of carboxylic acids is 1. The fourth-order valence-corrected chi connectivity index (χ4v) is 2.09. The van der Waals surface area contributed by atoms with Crippen LogP contribution in [0.25, 0.3) is 0 Å². The summed E-state index contributed by atoms with van der Waals surface area (Å²) in [5.74, 6) is -1.38. The zero-order valence-electron chi connectivity index (χ0n) is 11.0. The lowest BCUT2D eigenvalue weighted by molar-refractivity contribution is -0.137. The maximum atomic E-state index is 12.1. The van der Waals surface area contributed by atoms with Crippen molar-refractivity contribution in [1.29, 1.82) is 0 Å². The van der Waals surface area contributed by atoms with Crippen LogP contribution >= 0.6 is 15.9 Å². The Bertz CT molecular complexity index is 629. The van der Waals surface area contributed by atoms with E-state index < -0.39 is 17.9 Å². The lowest BCUT2D eigenvalue weighted by atomic mass is 10.0. The van der Waals surface area contributed by atoms with Gasteiger partial charge in [0.1, 0.15) is 5.69 Å². The summed E-state index contributed by atoms with van der Waals surface area (Å²) >= 11 is 3.24. The number of nitrogens with one attached hydrogen (secondary N) is 1. The summed E-state index contributed by atoms with van der Waals surface area (Å²) in [5.41, 5.74) is 0.981. The van der Waals surface area contributed by atoms with E-state index in [4.69, 9.17) is 5.11 Å². The van der Waals surface area contributed by atoms with E-state index >= 15 is 0 Å². The molecule has 0 spiro atoms. The molecule has 2 N–H and O–H groups in total. The summed E-state index contributed by atoms with van der Waals surface area (Å²) in [5, 5.41) is 11.7. The largest absolute Gasteiger partial charge is 0.481 e. The van der Waals surface area contributed by atoms with Crippen LogP contribution in [0.3, 0.4) is 0 Å². The lowest BCUT2D eigenvalue weighted by Gasteiger charge is -2.17. The first-order chi connectivity index (χ1) is 10.1. The molecule has 1 unspecified atom stereocenters. The number of hydrogen-bond donors (Lipinski definition) is 2. The standard InChI is InChI=1S/C15H13BrN2O3/c16-11-6-7-12(17-9-11)15(21)18-13(8-14(19)20)10-4-2-1-3-5-10/h1-7,9,13H,8H2,(H,18,21)(H,19,20). The number of aliphatic carboxylic acids is 1. The molecule has 0 fully saturated rings. The predicted molar refractivity (Wildman–Crippen MR) is 80.8 cm³/mol. The highest BCUT2D eigenvalue weighted by Crippen LogP contribution is 2.17. The molecule has 0 aliphatic carbocycles. The second-order valence-corrected chi connectivity index (χ2v) is 5.31. The normalized spacial score (nSPS) is 11.7. The summed E-state index contributed by atoms with van der Waals surface area (Å²) in [4.78, 5) is 27.1. The van der Waals surface area contributed by atoms with E-state index in [0.29, 0.717) is 0 Å². The van der Waals surface area contributed by atoms with Gasteiger partial charge in [-0.1, -0.05) is 30.3 Å². The van der Waals surface area contributed by atoms with Gasteiger partial charge in [-0.2, -0.15) is 0 Å². The number of rotatable bonds is 5. The van der Waals surface area contributed by atoms with E-state index in [1.807, 2.05) is 6.07 Å². The Balaban J connectivity index is 2.17. The molecular weight excluding hydrogens is 336 g/mol. The molecule has 0 radical (unpaired) electrons. The maximum Gasteiger partial charge on any atom is 0.305 e. The van der Waals surface area contributed by atoms with Crippen LogP contribution in [0.5, 0.6) is 0 Å². The van der Waals surface area contributed by atoms with Crippen LogP contribution in [0.15, 0.2) is 53.1 Å². The number of hydrogen-bond acceptors (Lipinski definition) is 3. The first kappa shape index (κ1) is 15.2. The van der Waals surface area contributed by atoms with Gasteiger partial charge in [0.2, 0.25) is 0 Å². The number of carbonyl (C=O) groups excluding carboxylic acids is 1. The van der Waals surface area contributed by atoms with Crippen LogP contribution in [0.4, 0.5) is 0 Å². The first-order valence-electron chi connectivity index (χ1n) is 6.25. The van der Waals surface area contributed by atoms with Crippen LogP contribution in [0, 0.1) is 0 Å². The molecule has 1 amide bonds. The number of amides is 1. The summed E-state index contributed by atoms with van der Waals surface area (Å²) in [6.45, 7) is 0. The zero-order chi connectivity index (χ0) is 15.2. The second-order valence-electron chi connectivity index (χ2n) is 4.40. The molecule has 21 heavy (non-hydrogen) atoms. The van der Waals surface area contributed by atoms with Gasteiger partial charge < -0.3 is 10.4 Å². The molecule has 1 aromatic heterocycles. The summed E-state index contributed by atoms with van der Waals surface area (Å²) in [6, 6.07) is 11.7. The molecule has 2 rings (SSSR count). The summed E-state index contributed by atoms with van der Waals surface area (Å²) in [7, 11) is 0. The van der Waals surface area contributed by atoms with E-state index in [1.165, 1.54) is 6.20 Å². The van der Waals surface area contributed by atoms with E-state index in [-0.39, 0.29) is 12.1 Å². The van der Waals surface area contributed by atoms with E-state index in [2.05, 4.69) is 26.2 Å². The molecule has 1 aromatic carbocycles. The van der Waals surface area contributed by atoms with E-state index in [0.717, 1.165) is 10.0 Å². The fourth-order valence-electron chi connectivity index (χ4n) is 1.85. The number of carboxylic acid groups (broad SMARTS) is 1. The Morgan fingerprint density at radius 2 is 1.90 bits per heavy atom. The average molecular weight is 349 g/mol. The van der Waals surface area contributed by atoms with Crippen molar-refractivity contribution >= 4 is 27.8 Å². The van der Waals surface area contributed by atoms with Crippen LogP contribution in [0.1, 0.15) is 28.5 Å². The Morgan fingerprint density at radius 1 is 1.19 bits per heavy atom. The molecule has 0 aliphatic heterocycles. The van der Waals surface area contributed by atoms with E-state index in [1.54, 1.807) is 36.4 Å². The topological polar surface area (TPSA) is 79.3 Å². The molecule has 0 bridgehead atoms. The monoisotopic (exact) mass is 348 g/mol. The van der Waals surface area contributed by atoms with Gasteiger partial charge >= 0.3 is 5.97 Å². The van der Waals surface area contributed by atoms with Gasteiger partial charge in [-0.3, -0.25) is 9.59 Å². The minimum absolute atomic E-state index is 0.188. The molecule has 2 aromatic rings. The molecule has 108 valence electrons. The van der Waals surface area contributed by atoms with Crippen molar-refractivity contribution in [2.75, 3.05) is 0 Å². The van der Waals surface area contributed by atoms with Crippen LogP contribution in [-0.2, 0) is 4.79 Å². The fraction of sp³-hybridized carbons (Fsp3) is 0.133. The molecular formula is C15H13BrN2O3. The van der Waals surface area contributed by atoms with Crippen LogP contribution in [-0.4, -0.2) is 22.0 Å². The molecule has 0 aliphatic rings. The van der Waals surface area contributed by atoms with E-state index in [9.17, 15) is 9.59 Å². The molecule has 0 saturated carbocycles. The number of nitrogens with zero attached hydrogens (tertiary/aromatic N) is 1. The van der Waals surface area contributed by atoms with Gasteiger partial charge in [-0.05, 0) is 33.6 Å². The highest BCUT2D eigenvalue weighted by Gasteiger charge is 2.19. The minimum atomic E-state index is -0.979. The highest BCUT2D eigenvalue weighted by atomic mass is 79.9. The lowest BCUT2D eigenvalue weighted by Crippen LogP contribution is -2.30. The van der Waals surface area contributed by atoms with Crippen molar-refractivity contribution in [2.24, 2.45) is 0 Å². The van der Waals surface area contributed by atoms with Gasteiger partial charge in [0.15, 0.2) is 0 Å². The SMILES string of the molecule is O=C(O)CC(NC(=O)c1ccc(Br)cn1)c1ccccc1. The van der Waals surface area contributed by atoms with Crippen molar-refractivity contribution in [3.63, 3.8) is 0 Å². The summed E-state index contributed by atoms with van der Waals surface area (Å²) < 4.78 is 0.768. The molecule has 1 atom stereocenters. The van der Waals surface area contributed by atoms with Crippen molar-refractivity contribution in [3.8, 4) is 0 Å². The van der Waals surface area contributed by atoms with Crippen LogP contribution in [0.2, 0.25) is 0 Å². The smallest absolute Gasteiger partial charge is 0.305 e. The van der Waals surface area contributed by atoms with Crippen molar-refractivity contribution < 1.29 is 14.7 Å². The van der Waals surface area contributed by atoms with Gasteiger partial charge in [-0.25, -0.2) is 4.98 Å². The Labute approximate surface area is 130 Å². The maximum absolute atomic E-state index is 12.1. The van der Waals surface area contributed by atoms with Crippen molar-refractivity contribution in [3.05, 3.63) is 64.4 Å². The minimum Gasteiger partial charge on any atom is -0.481 e. The Hall–Kier alpha value is -2.21. The van der Waals surface area contributed by atoms with Gasteiger partial charge in [0.05, 0.1) is 12.5 Å². The molecule has 6 heteroatoms. The number of halogens is 1. The number of aromatic nitrogens is 1. The Morgan fingerprint density at radius 3 is 2.48 bits per heavy atom. The van der Waals surface area contributed by atoms with Crippen LogP contribution < -0.4 is 5.32 Å². The highest BCUT2D eigenvalue weighted by molar-refractivity contribution is 9.10. The molecule has 1 heterocycles. The van der Waals surface area contributed by atoms with Crippen molar-refractivity contribution in [2.45, 2.75) is 12.5 Å². The molecule has 0 saturated heterocycles. The third-order valence-electron chi connectivity index (χ3n) is 2.85. The number of pyridine rings is 1. The number of benzene rings is 1. The average Bonchev–Trinajstić information content (AvgIpc) is 2.47.